The van der Waals surface area contributed by atoms with E-state index in [9.17, 15) is 4.79 Å². The number of piperidine rings is 1. The Hall–Kier alpha value is -1.75. The minimum atomic E-state index is -0.138. The quantitative estimate of drug-likeness (QED) is 0.664. The molecule has 0 aliphatic carbocycles. The Morgan fingerprint density at radius 3 is 2.71 bits per heavy atom. The van der Waals surface area contributed by atoms with Crippen molar-refractivity contribution in [2.75, 3.05) is 39.1 Å². The summed E-state index contributed by atoms with van der Waals surface area (Å²) in [7, 11) is 1.67. The fourth-order valence-corrected chi connectivity index (χ4v) is 2.86. The van der Waals surface area contributed by atoms with Crippen LogP contribution >= 0.6 is 0 Å². The highest BCUT2D eigenvalue weighted by Gasteiger charge is 2.24. The van der Waals surface area contributed by atoms with Crippen LogP contribution in [0.4, 0.5) is 5.69 Å². The molecule has 0 atom stereocenters. The lowest BCUT2D eigenvalue weighted by Gasteiger charge is -2.32. The lowest BCUT2D eigenvalue weighted by atomic mass is 9.88. The first-order valence-electron chi connectivity index (χ1n) is 7.45. The maximum absolute atomic E-state index is 11.5. The minimum Gasteiger partial charge on any atom is -0.496 e. The van der Waals surface area contributed by atoms with Gasteiger partial charge in [-0.05, 0) is 50.4 Å². The largest absolute Gasteiger partial charge is 0.496 e. The summed E-state index contributed by atoms with van der Waals surface area (Å²) in [6.45, 7) is 4.46. The third-order valence-electron chi connectivity index (χ3n) is 3.94. The van der Waals surface area contributed by atoms with Crippen LogP contribution in [0.3, 0.4) is 0 Å². The number of hydrogen-bond acceptors (Lipinski definition) is 5. The lowest BCUT2D eigenvalue weighted by Crippen LogP contribution is -2.37. The Kier molecular flexibility index (Phi) is 5.44. The highest BCUT2D eigenvalue weighted by atomic mass is 16.5. The summed E-state index contributed by atoms with van der Waals surface area (Å²) in [5, 5.41) is 0. The molecule has 1 aliphatic heterocycles. The van der Waals surface area contributed by atoms with Crippen molar-refractivity contribution in [1.29, 1.82) is 0 Å². The molecule has 116 valence electrons. The monoisotopic (exact) mass is 292 g/mol. The number of hydrogen-bond donors (Lipinski definition) is 1. The van der Waals surface area contributed by atoms with Gasteiger partial charge in [0.15, 0.2) is 0 Å². The summed E-state index contributed by atoms with van der Waals surface area (Å²) in [6.07, 6.45) is 2.03. The molecule has 0 radical (unpaired) electrons. The zero-order valence-corrected chi connectivity index (χ0v) is 12.8. The van der Waals surface area contributed by atoms with Crippen LogP contribution in [0.2, 0.25) is 0 Å². The average molecular weight is 292 g/mol. The van der Waals surface area contributed by atoms with Crippen LogP contribution in [0.25, 0.3) is 0 Å². The van der Waals surface area contributed by atoms with Crippen molar-refractivity contribution in [3.63, 3.8) is 0 Å². The van der Waals surface area contributed by atoms with Crippen molar-refractivity contribution in [3.8, 4) is 5.75 Å². The van der Waals surface area contributed by atoms with E-state index in [-0.39, 0.29) is 5.97 Å². The summed E-state index contributed by atoms with van der Waals surface area (Å²) < 4.78 is 10.4. The van der Waals surface area contributed by atoms with E-state index < -0.39 is 0 Å². The fourth-order valence-electron chi connectivity index (χ4n) is 2.86. The van der Waals surface area contributed by atoms with Crippen LogP contribution < -0.4 is 10.5 Å². The lowest BCUT2D eigenvalue weighted by molar-refractivity contribution is -0.144. The number of carbonyl (C=O) groups excluding carboxylic acids is 1. The van der Waals surface area contributed by atoms with Crippen LogP contribution in [0.5, 0.6) is 5.75 Å². The van der Waals surface area contributed by atoms with Crippen molar-refractivity contribution in [2.45, 2.75) is 25.7 Å². The number of nitrogens with zero attached hydrogens (tertiary/aromatic N) is 1. The molecule has 1 aromatic carbocycles. The molecule has 1 heterocycles. The van der Waals surface area contributed by atoms with E-state index in [1.165, 1.54) is 5.56 Å². The molecular weight excluding hydrogens is 268 g/mol. The molecule has 0 aromatic heterocycles. The van der Waals surface area contributed by atoms with Gasteiger partial charge in [-0.1, -0.05) is 6.07 Å². The van der Waals surface area contributed by atoms with E-state index in [4.69, 9.17) is 15.2 Å². The molecule has 5 heteroatoms. The molecule has 21 heavy (non-hydrogen) atoms. The fraction of sp³-hybridized carbons (Fsp3) is 0.562. The minimum absolute atomic E-state index is 0.138. The second-order valence-electron chi connectivity index (χ2n) is 5.36. The predicted molar refractivity (Wildman–Crippen MR) is 82.5 cm³/mol. The van der Waals surface area contributed by atoms with E-state index in [0.29, 0.717) is 19.1 Å². The number of benzene rings is 1. The third-order valence-corrected chi connectivity index (χ3v) is 3.94. The molecule has 0 unspecified atom stereocenters. The zero-order chi connectivity index (χ0) is 15.2. The molecule has 1 fully saturated rings. The Balaban J connectivity index is 1.93. The summed E-state index contributed by atoms with van der Waals surface area (Å²) >= 11 is 0. The summed E-state index contributed by atoms with van der Waals surface area (Å²) in [4.78, 5) is 13.7. The van der Waals surface area contributed by atoms with Gasteiger partial charge in [0, 0.05) is 11.8 Å². The van der Waals surface area contributed by atoms with Gasteiger partial charge in [0.05, 0.1) is 20.3 Å². The van der Waals surface area contributed by atoms with Crippen LogP contribution in [-0.2, 0) is 9.53 Å². The van der Waals surface area contributed by atoms with Crippen LogP contribution in [0.1, 0.15) is 31.2 Å². The first-order chi connectivity index (χ1) is 10.1. The van der Waals surface area contributed by atoms with Gasteiger partial charge in [0.25, 0.3) is 0 Å². The predicted octanol–water partition coefficient (Wildman–Crippen LogP) is 2.02. The summed E-state index contributed by atoms with van der Waals surface area (Å²) in [5.41, 5.74) is 7.73. The van der Waals surface area contributed by atoms with Gasteiger partial charge in [-0.3, -0.25) is 9.69 Å². The number of anilines is 1. The summed E-state index contributed by atoms with van der Waals surface area (Å²) in [5.74, 6) is 1.18. The molecule has 2 N–H and O–H groups in total. The Morgan fingerprint density at radius 2 is 2.10 bits per heavy atom. The number of nitrogens with two attached hydrogens (primary N) is 1. The molecule has 0 bridgehead atoms. The third kappa shape index (κ3) is 4.11. The van der Waals surface area contributed by atoms with Crippen LogP contribution in [0, 0.1) is 0 Å². The van der Waals surface area contributed by atoms with Crippen molar-refractivity contribution >= 4 is 11.7 Å². The highest BCUT2D eigenvalue weighted by Crippen LogP contribution is 2.35. The van der Waals surface area contributed by atoms with Gasteiger partial charge in [0.1, 0.15) is 5.75 Å². The first-order valence-corrected chi connectivity index (χ1v) is 7.45. The Labute approximate surface area is 126 Å². The molecule has 1 aromatic rings. The second kappa shape index (κ2) is 7.31. The van der Waals surface area contributed by atoms with Gasteiger partial charge in [-0.2, -0.15) is 0 Å². The van der Waals surface area contributed by atoms with E-state index >= 15 is 0 Å². The van der Waals surface area contributed by atoms with E-state index in [1.54, 1.807) is 7.11 Å². The van der Waals surface area contributed by atoms with Gasteiger partial charge in [-0.15, -0.1) is 0 Å². The van der Waals surface area contributed by atoms with E-state index in [1.807, 2.05) is 19.1 Å². The number of nitrogen functional groups attached to an aromatic ring is 1. The Bertz CT molecular complexity index is 482. The van der Waals surface area contributed by atoms with Gasteiger partial charge in [-0.25, -0.2) is 0 Å². The highest BCUT2D eigenvalue weighted by molar-refractivity contribution is 5.71. The maximum atomic E-state index is 11.5. The summed E-state index contributed by atoms with van der Waals surface area (Å²) in [6, 6.07) is 5.85. The number of rotatable bonds is 5. The maximum Gasteiger partial charge on any atom is 0.320 e. The smallest absolute Gasteiger partial charge is 0.320 e. The molecule has 2 rings (SSSR count). The van der Waals surface area contributed by atoms with Crippen molar-refractivity contribution in [3.05, 3.63) is 23.8 Å². The van der Waals surface area contributed by atoms with E-state index in [0.717, 1.165) is 37.4 Å². The number of likely N-dealkylation sites (tertiary alicyclic amines) is 1. The standard InChI is InChI=1S/C16H24N2O3/c1-3-21-16(19)11-18-8-6-12(7-9-18)14-5-4-13(17)10-15(14)20-2/h4-5,10,12H,3,6-9,11,17H2,1-2H3. The number of methoxy groups -OCH3 is 1. The zero-order valence-electron chi connectivity index (χ0n) is 12.8. The number of ether oxygens (including phenoxy) is 2. The van der Waals surface area contributed by atoms with E-state index in [2.05, 4.69) is 11.0 Å². The normalized spacial score (nSPS) is 16.7. The molecule has 0 spiro atoms. The van der Waals surface area contributed by atoms with Crippen molar-refractivity contribution in [1.82, 2.24) is 4.90 Å². The SMILES string of the molecule is CCOC(=O)CN1CCC(c2ccc(N)cc2OC)CC1. The van der Waals surface area contributed by atoms with Crippen LogP contribution in [-0.4, -0.2) is 44.2 Å². The van der Waals surface area contributed by atoms with Crippen molar-refractivity contribution in [2.24, 2.45) is 0 Å². The average Bonchev–Trinajstić information content (AvgIpc) is 2.48. The van der Waals surface area contributed by atoms with Crippen LogP contribution in [0.15, 0.2) is 18.2 Å². The molecule has 0 saturated carbocycles. The van der Waals surface area contributed by atoms with Gasteiger partial charge >= 0.3 is 5.97 Å². The van der Waals surface area contributed by atoms with Crippen molar-refractivity contribution < 1.29 is 14.3 Å². The molecule has 1 saturated heterocycles. The molecular formula is C16H24N2O3. The topological polar surface area (TPSA) is 64.8 Å². The first kappa shape index (κ1) is 15.6. The number of carbonyl (C=O) groups is 1. The van der Waals surface area contributed by atoms with Gasteiger partial charge in [0.2, 0.25) is 0 Å². The molecule has 5 nitrogen and oxygen atoms in total. The Morgan fingerprint density at radius 1 is 1.38 bits per heavy atom. The van der Waals surface area contributed by atoms with Gasteiger partial charge < -0.3 is 15.2 Å². The molecule has 1 aliphatic rings. The molecule has 0 amide bonds. The number of esters is 1. The second-order valence-corrected chi connectivity index (χ2v) is 5.36.